The van der Waals surface area contributed by atoms with Gasteiger partial charge in [0.1, 0.15) is 5.75 Å². The Morgan fingerprint density at radius 1 is 1.32 bits per heavy atom. The van der Waals surface area contributed by atoms with Gasteiger partial charge in [0.15, 0.2) is 11.4 Å². The number of halogens is 1. The van der Waals surface area contributed by atoms with Crippen molar-refractivity contribution in [1.82, 2.24) is 4.98 Å². The monoisotopic (exact) mass is 277 g/mol. The number of carboxylic acids is 1. The average molecular weight is 278 g/mol. The van der Waals surface area contributed by atoms with E-state index in [2.05, 4.69) is 4.98 Å². The maximum Gasteiger partial charge on any atom is 0.358 e. The molecule has 0 bridgehead atoms. The van der Waals surface area contributed by atoms with E-state index in [-0.39, 0.29) is 11.4 Å². The summed E-state index contributed by atoms with van der Waals surface area (Å²) in [7, 11) is 0. The third-order valence-corrected chi connectivity index (χ3v) is 2.83. The Morgan fingerprint density at radius 3 is 2.53 bits per heavy atom. The van der Waals surface area contributed by atoms with E-state index in [1.807, 2.05) is 13.8 Å². The maximum atomic E-state index is 11.1. The number of ether oxygens (including phenoxy) is 1. The number of hydrogen-bond acceptors (Lipinski definition) is 3. The van der Waals surface area contributed by atoms with Crippen molar-refractivity contribution in [3.8, 4) is 11.5 Å². The van der Waals surface area contributed by atoms with E-state index in [0.717, 1.165) is 11.1 Å². The number of benzene rings is 1. The van der Waals surface area contributed by atoms with Crippen LogP contribution >= 0.6 is 11.6 Å². The predicted molar refractivity (Wildman–Crippen MR) is 72.2 cm³/mol. The van der Waals surface area contributed by atoms with Crippen LogP contribution in [0.15, 0.2) is 30.5 Å². The van der Waals surface area contributed by atoms with E-state index in [0.29, 0.717) is 10.8 Å². The topological polar surface area (TPSA) is 59.4 Å². The van der Waals surface area contributed by atoms with Crippen LogP contribution in [0.4, 0.5) is 0 Å². The summed E-state index contributed by atoms with van der Waals surface area (Å²) >= 11 is 5.94. The van der Waals surface area contributed by atoms with E-state index in [9.17, 15) is 4.79 Å². The van der Waals surface area contributed by atoms with Gasteiger partial charge in [-0.15, -0.1) is 0 Å². The first kappa shape index (κ1) is 13.4. The fraction of sp³-hybridized carbons (Fsp3) is 0.143. The summed E-state index contributed by atoms with van der Waals surface area (Å²) in [5, 5.41) is 9.68. The van der Waals surface area contributed by atoms with Gasteiger partial charge in [0.2, 0.25) is 0 Å². The summed E-state index contributed by atoms with van der Waals surface area (Å²) in [6, 6.07) is 6.73. The van der Waals surface area contributed by atoms with Crippen LogP contribution in [0.2, 0.25) is 5.02 Å². The van der Waals surface area contributed by atoms with Crippen LogP contribution in [0.3, 0.4) is 0 Å². The van der Waals surface area contributed by atoms with E-state index < -0.39 is 5.97 Å². The van der Waals surface area contributed by atoms with Crippen molar-refractivity contribution in [3.63, 3.8) is 0 Å². The van der Waals surface area contributed by atoms with E-state index >= 15 is 0 Å². The van der Waals surface area contributed by atoms with Crippen molar-refractivity contribution in [2.45, 2.75) is 13.8 Å². The number of carboxylic acid groups (broad SMARTS) is 1. The first-order valence-corrected chi connectivity index (χ1v) is 5.99. The first-order valence-electron chi connectivity index (χ1n) is 5.62. The highest BCUT2D eigenvalue weighted by Crippen LogP contribution is 2.32. The second-order valence-corrected chi connectivity index (χ2v) is 4.56. The van der Waals surface area contributed by atoms with Crippen LogP contribution in [-0.4, -0.2) is 16.1 Å². The quantitative estimate of drug-likeness (QED) is 0.926. The molecule has 19 heavy (non-hydrogen) atoms. The molecule has 0 radical (unpaired) electrons. The minimum atomic E-state index is -1.13. The molecule has 0 aliphatic carbocycles. The molecule has 0 spiro atoms. The first-order chi connectivity index (χ1) is 8.99. The molecule has 5 heteroatoms. The van der Waals surface area contributed by atoms with Crippen molar-refractivity contribution in [2.75, 3.05) is 0 Å². The highest BCUT2D eigenvalue weighted by molar-refractivity contribution is 6.30. The fourth-order valence-electron chi connectivity index (χ4n) is 1.80. The Labute approximate surface area is 115 Å². The van der Waals surface area contributed by atoms with Gasteiger partial charge in [0, 0.05) is 11.2 Å². The number of aromatic carboxylic acids is 1. The minimum Gasteiger partial charge on any atom is -0.476 e. The van der Waals surface area contributed by atoms with Crippen molar-refractivity contribution < 1.29 is 14.6 Å². The third-order valence-electron chi connectivity index (χ3n) is 2.61. The molecule has 2 rings (SSSR count). The number of pyridine rings is 1. The number of hydrogen-bond donors (Lipinski definition) is 1. The molecule has 1 heterocycles. The summed E-state index contributed by atoms with van der Waals surface area (Å²) in [6.45, 7) is 3.70. The highest BCUT2D eigenvalue weighted by Gasteiger charge is 2.15. The minimum absolute atomic E-state index is 0.115. The zero-order chi connectivity index (χ0) is 14.0. The largest absolute Gasteiger partial charge is 0.476 e. The lowest BCUT2D eigenvalue weighted by Crippen LogP contribution is -2.03. The molecule has 0 saturated carbocycles. The van der Waals surface area contributed by atoms with Gasteiger partial charge in [-0.3, -0.25) is 0 Å². The molecule has 0 amide bonds. The molecule has 0 saturated heterocycles. The Kier molecular flexibility index (Phi) is 3.71. The van der Waals surface area contributed by atoms with E-state index in [4.69, 9.17) is 21.4 Å². The van der Waals surface area contributed by atoms with Gasteiger partial charge in [-0.1, -0.05) is 11.6 Å². The summed E-state index contributed by atoms with van der Waals surface area (Å²) in [5.74, 6) is -0.316. The zero-order valence-corrected chi connectivity index (χ0v) is 11.2. The molecule has 1 N–H and O–H groups in total. The third kappa shape index (κ3) is 2.85. The van der Waals surface area contributed by atoms with Gasteiger partial charge in [0.25, 0.3) is 0 Å². The SMILES string of the molecule is Cc1cc(Cl)cc(C)c1Oc1cccnc1C(=O)O. The van der Waals surface area contributed by atoms with Crippen LogP contribution in [0, 0.1) is 13.8 Å². The molecule has 0 aliphatic heterocycles. The molecule has 1 aromatic carbocycles. The Balaban J connectivity index is 2.45. The zero-order valence-electron chi connectivity index (χ0n) is 10.5. The summed E-state index contributed by atoms with van der Waals surface area (Å²) in [5.41, 5.74) is 1.56. The molecule has 2 aromatic rings. The fourth-order valence-corrected chi connectivity index (χ4v) is 2.13. The van der Waals surface area contributed by atoms with Crippen LogP contribution < -0.4 is 4.74 Å². The number of rotatable bonds is 3. The molecule has 1 aromatic heterocycles. The predicted octanol–water partition coefficient (Wildman–Crippen LogP) is 3.84. The maximum absolute atomic E-state index is 11.1. The van der Waals surface area contributed by atoms with Gasteiger partial charge in [0.05, 0.1) is 0 Å². The Morgan fingerprint density at radius 2 is 1.95 bits per heavy atom. The smallest absolute Gasteiger partial charge is 0.358 e. The molecule has 0 fully saturated rings. The van der Waals surface area contributed by atoms with Crippen molar-refractivity contribution in [2.24, 2.45) is 0 Å². The number of aryl methyl sites for hydroxylation is 2. The van der Waals surface area contributed by atoms with Crippen LogP contribution in [-0.2, 0) is 0 Å². The Hall–Kier alpha value is -2.07. The second-order valence-electron chi connectivity index (χ2n) is 4.13. The molecule has 0 atom stereocenters. The molecular weight excluding hydrogens is 266 g/mol. The molecular formula is C14H12ClNO3. The van der Waals surface area contributed by atoms with Crippen LogP contribution in [0.5, 0.6) is 11.5 Å². The van der Waals surface area contributed by atoms with Crippen LogP contribution in [0.25, 0.3) is 0 Å². The lowest BCUT2D eigenvalue weighted by Gasteiger charge is -2.13. The van der Waals surface area contributed by atoms with Gasteiger partial charge in [-0.2, -0.15) is 0 Å². The van der Waals surface area contributed by atoms with Gasteiger partial charge >= 0.3 is 5.97 Å². The Bertz CT molecular complexity index is 617. The highest BCUT2D eigenvalue weighted by atomic mass is 35.5. The number of carbonyl (C=O) groups is 1. The summed E-state index contributed by atoms with van der Waals surface area (Å²) in [6.07, 6.45) is 1.41. The molecule has 0 unspecified atom stereocenters. The summed E-state index contributed by atoms with van der Waals surface area (Å²) in [4.78, 5) is 14.9. The van der Waals surface area contributed by atoms with Gasteiger partial charge in [-0.05, 0) is 49.2 Å². The standard InChI is InChI=1S/C14H12ClNO3/c1-8-6-10(15)7-9(2)13(8)19-11-4-3-5-16-12(11)14(17)18/h3-7H,1-2H3,(H,17,18). The molecule has 98 valence electrons. The number of aromatic nitrogens is 1. The van der Waals surface area contributed by atoms with E-state index in [1.165, 1.54) is 6.20 Å². The second kappa shape index (κ2) is 5.28. The lowest BCUT2D eigenvalue weighted by molar-refractivity contribution is 0.0687. The van der Waals surface area contributed by atoms with E-state index in [1.54, 1.807) is 24.3 Å². The normalized spacial score (nSPS) is 10.3. The number of nitrogens with zero attached hydrogens (tertiary/aromatic N) is 1. The average Bonchev–Trinajstić information content (AvgIpc) is 2.34. The van der Waals surface area contributed by atoms with Crippen molar-refractivity contribution in [1.29, 1.82) is 0 Å². The van der Waals surface area contributed by atoms with Crippen molar-refractivity contribution in [3.05, 3.63) is 52.3 Å². The van der Waals surface area contributed by atoms with Gasteiger partial charge in [-0.25, -0.2) is 9.78 Å². The molecule has 0 aliphatic rings. The van der Waals surface area contributed by atoms with Crippen LogP contribution in [0.1, 0.15) is 21.6 Å². The van der Waals surface area contributed by atoms with Crippen molar-refractivity contribution >= 4 is 17.6 Å². The van der Waals surface area contributed by atoms with Gasteiger partial charge < -0.3 is 9.84 Å². The summed E-state index contributed by atoms with van der Waals surface area (Å²) < 4.78 is 5.69. The lowest BCUT2D eigenvalue weighted by atomic mass is 10.1. The molecule has 4 nitrogen and oxygen atoms in total.